The van der Waals surface area contributed by atoms with Crippen LogP contribution in [0.5, 0.6) is 0 Å². The second kappa shape index (κ2) is 9.10. The molecule has 2 heterocycles. The molecule has 0 saturated carbocycles. The van der Waals surface area contributed by atoms with Crippen molar-refractivity contribution in [1.82, 2.24) is 20.1 Å². The van der Waals surface area contributed by atoms with Gasteiger partial charge in [-0.2, -0.15) is 0 Å². The fraction of sp³-hybridized carbons (Fsp3) is 0.346. The number of hydrogen-bond acceptors (Lipinski definition) is 3. The van der Waals surface area contributed by atoms with Crippen LogP contribution in [0.25, 0.3) is 10.9 Å². The van der Waals surface area contributed by atoms with Crippen molar-refractivity contribution in [3.8, 4) is 0 Å². The molecule has 0 fully saturated rings. The van der Waals surface area contributed by atoms with Crippen LogP contribution in [0.3, 0.4) is 0 Å². The van der Waals surface area contributed by atoms with Crippen molar-refractivity contribution in [2.45, 2.75) is 39.3 Å². The van der Waals surface area contributed by atoms with Gasteiger partial charge in [-0.3, -0.25) is 14.4 Å². The Morgan fingerprint density at radius 3 is 2.55 bits per heavy atom. The highest BCUT2D eigenvalue weighted by atomic mass is 16.2. The maximum Gasteiger partial charge on any atom is 0.271 e. The summed E-state index contributed by atoms with van der Waals surface area (Å²) in [5, 5.41) is 6.58. The predicted octanol–water partition coefficient (Wildman–Crippen LogP) is 2.66. The van der Waals surface area contributed by atoms with E-state index in [9.17, 15) is 14.4 Å². The fourth-order valence-electron chi connectivity index (χ4n) is 4.64. The topological polar surface area (TPSA) is 83.4 Å². The summed E-state index contributed by atoms with van der Waals surface area (Å²) in [5.74, 6) is -0.770. The van der Waals surface area contributed by atoms with Gasteiger partial charge in [0.2, 0.25) is 11.8 Å². The smallest absolute Gasteiger partial charge is 0.271 e. The van der Waals surface area contributed by atoms with Gasteiger partial charge in [-0.25, -0.2) is 0 Å². The third-order valence-corrected chi connectivity index (χ3v) is 6.53. The number of fused-ring (bicyclic) bond motifs is 3. The largest absolute Gasteiger partial charge is 0.354 e. The number of nitrogens with one attached hydrogen (secondary N) is 2. The molecule has 3 aromatic rings. The summed E-state index contributed by atoms with van der Waals surface area (Å²) in [6, 6.07) is 17.7. The molecule has 1 aliphatic rings. The number of rotatable bonds is 7. The monoisotopic (exact) mass is 446 g/mol. The third kappa shape index (κ3) is 4.23. The highest BCUT2D eigenvalue weighted by Gasteiger charge is 2.46. The average molecular weight is 447 g/mol. The molecule has 2 aromatic carbocycles. The van der Waals surface area contributed by atoms with Gasteiger partial charge in [-0.05, 0) is 50.5 Å². The molecule has 0 unspecified atom stereocenters. The van der Waals surface area contributed by atoms with Crippen LogP contribution >= 0.6 is 0 Å². The maximum absolute atomic E-state index is 13.2. The van der Waals surface area contributed by atoms with Crippen LogP contribution in [0.1, 0.15) is 35.5 Å². The minimum absolute atomic E-state index is 0.132. The van der Waals surface area contributed by atoms with Gasteiger partial charge >= 0.3 is 0 Å². The molecule has 0 saturated heterocycles. The van der Waals surface area contributed by atoms with Gasteiger partial charge in [0, 0.05) is 24.0 Å². The van der Waals surface area contributed by atoms with Gasteiger partial charge in [0.15, 0.2) is 0 Å². The number of aromatic nitrogens is 1. The van der Waals surface area contributed by atoms with Crippen molar-refractivity contribution in [3.63, 3.8) is 0 Å². The third-order valence-electron chi connectivity index (χ3n) is 6.53. The molecule has 3 amide bonds. The zero-order chi connectivity index (χ0) is 23.6. The van der Waals surface area contributed by atoms with E-state index in [1.54, 1.807) is 11.8 Å². The standard InChI is InChI=1S/C26H30N4O3/c1-4-30-24(32)22-15-20-11-7-8-12-21(20)29(22)17-26(30,3)25(33)28-16-23(31)27-14-13-19-10-6-5-9-18(19)2/h5-12,15H,4,13-14,16-17H2,1-3H3,(H,27,31)(H,28,33)/t26-/m1/s1. The first-order chi connectivity index (χ1) is 15.8. The highest BCUT2D eigenvalue weighted by molar-refractivity contribution is 6.04. The predicted molar refractivity (Wildman–Crippen MR) is 128 cm³/mol. The Labute approximate surface area is 193 Å². The number of likely N-dealkylation sites (N-methyl/N-ethyl adjacent to an activating group) is 1. The lowest BCUT2D eigenvalue weighted by molar-refractivity contribution is -0.134. The zero-order valence-electron chi connectivity index (χ0n) is 19.4. The van der Waals surface area contributed by atoms with Crippen LogP contribution in [-0.2, 0) is 22.6 Å². The number of nitrogens with zero attached hydrogens (tertiary/aromatic N) is 2. The fourth-order valence-corrected chi connectivity index (χ4v) is 4.64. The molecule has 33 heavy (non-hydrogen) atoms. The first-order valence-corrected chi connectivity index (χ1v) is 11.3. The van der Waals surface area contributed by atoms with Crippen LogP contribution in [-0.4, -0.2) is 52.4 Å². The molecule has 1 aliphatic heterocycles. The second-order valence-electron chi connectivity index (χ2n) is 8.71. The second-order valence-corrected chi connectivity index (χ2v) is 8.71. The number of benzene rings is 2. The summed E-state index contributed by atoms with van der Waals surface area (Å²) in [7, 11) is 0. The Balaban J connectivity index is 1.42. The Hall–Kier alpha value is -3.61. The zero-order valence-corrected chi connectivity index (χ0v) is 19.4. The van der Waals surface area contributed by atoms with Gasteiger partial charge in [-0.15, -0.1) is 0 Å². The molecule has 172 valence electrons. The van der Waals surface area contributed by atoms with Gasteiger partial charge in [-0.1, -0.05) is 42.5 Å². The molecular weight excluding hydrogens is 416 g/mol. The van der Waals surface area contributed by atoms with E-state index in [4.69, 9.17) is 0 Å². The van der Waals surface area contributed by atoms with E-state index in [0.717, 1.165) is 17.3 Å². The normalized spacial score (nSPS) is 17.7. The van der Waals surface area contributed by atoms with Crippen molar-refractivity contribution >= 4 is 28.6 Å². The van der Waals surface area contributed by atoms with Crippen LogP contribution in [0.15, 0.2) is 54.6 Å². The molecule has 1 atom stereocenters. The molecular formula is C26H30N4O3. The van der Waals surface area contributed by atoms with Crippen LogP contribution in [0.4, 0.5) is 0 Å². The van der Waals surface area contributed by atoms with Gasteiger partial charge < -0.3 is 20.1 Å². The molecule has 0 radical (unpaired) electrons. The number of hydrogen-bond donors (Lipinski definition) is 2. The molecule has 0 bridgehead atoms. The van der Waals surface area contributed by atoms with Crippen LogP contribution in [0.2, 0.25) is 0 Å². The SMILES string of the molecule is CCN1C(=O)c2cc3ccccc3n2C[C@]1(C)C(=O)NCC(=O)NCCc1ccccc1C. The first-order valence-electron chi connectivity index (χ1n) is 11.3. The number of para-hydroxylation sites is 1. The van der Waals surface area contributed by atoms with Crippen molar-refractivity contribution in [2.24, 2.45) is 0 Å². The van der Waals surface area contributed by atoms with E-state index < -0.39 is 5.54 Å². The lowest BCUT2D eigenvalue weighted by atomic mass is 9.95. The molecule has 4 rings (SSSR count). The highest BCUT2D eigenvalue weighted by Crippen LogP contribution is 2.32. The summed E-state index contributed by atoms with van der Waals surface area (Å²) in [4.78, 5) is 40.4. The Morgan fingerprint density at radius 1 is 1.06 bits per heavy atom. The number of amides is 3. The Kier molecular flexibility index (Phi) is 6.22. The first kappa shape index (κ1) is 22.6. The van der Waals surface area contributed by atoms with Gasteiger partial charge in [0.05, 0.1) is 13.1 Å². The van der Waals surface area contributed by atoms with E-state index in [1.165, 1.54) is 11.1 Å². The molecule has 7 nitrogen and oxygen atoms in total. The van der Waals surface area contributed by atoms with E-state index in [-0.39, 0.29) is 24.3 Å². The Bertz CT molecular complexity index is 1220. The number of carbonyl (C=O) groups excluding carboxylic acids is 3. The average Bonchev–Trinajstić information content (AvgIpc) is 3.17. The summed E-state index contributed by atoms with van der Waals surface area (Å²) in [5.41, 5.74) is 2.78. The lowest BCUT2D eigenvalue weighted by Crippen LogP contribution is -2.64. The summed E-state index contributed by atoms with van der Waals surface area (Å²) >= 11 is 0. The van der Waals surface area contributed by atoms with Crippen molar-refractivity contribution < 1.29 is 14.4 Å². The lowest BCUT2D eigenvalue weighted by Gasteiger charge is -2.43. The van der Waals surface area contributed by atoms with E-state index in [1.807, 2.05) is 73.0 Å². The minimum atomic E-state index is -1.10. The summed E-state index contributed by atoms with van der Waals surface area (Å²) in [6.45, 7) is 6.76. The van der Waals surface area contributed by atoms with Gasteiger partial charge in [0.1, 0.15) is 11.2 Å². The maximum atomic E-state index is 13.2. The van der Waals surface area contributed by atoms with E-state index in [2.05, 4.69) is 10.6 Å². The van der Waals surface area contributed by atoms with Crippen molar-refractivity contribution in [2.75, 3.05) is 19.6 Å². The molecule has 1 aromatic heterocycles. The van der Waals surface area contributed by atoms with Crippen LogP contribution < -0.4 is 10.6 Å². The Morgan fingerprint density at radius 2 is 1.79 bits per heavy atom. The number of aryl methyl sites for hydroxylation is 1. The molecule has 2 N–H and O–H groups in total. The van der Waals surface area contributed by atoms with Crippen LogP contribution in [0, 0.1) is 6.92 Å². The quantitative estimate of drug-likeness (QED) is 0.585. The molecule has 0 aliphatic carbocycles. The summed E-state index contributed by atoms with van der Waals surface area (Å²) in [6.07, 6.45) is 0.728. The van der Waals surface area contributed by atoms with Crippen molar-refractivity contribution in [3.05, 3.63) is 71.4 Å². The summed E-state index contributed by atoms with van der Waals surface area (Å²) < 4.78 is 1.91. The number of carbonyl (C=O) groups is 3. The van der Waals surface area contributed by atoms with Gasteiger partial charge in [0.25, 0.3) is 5.91 Å². The molecule has 0 spiro atoms. The minimum Gasteiger partial charge on any atom is -0.354 e. The van der Waals surface area contributed by atoms with Crippen molar-refractivity contribution in [1.29, 1.82) is 0 Å². The van der Waals surface area contributed by atoms with E-state index in [0.29, 0.717) is 25.3 Å². The molecule has 7 heteroatoms. The van der Waals surface area contributed by atoms with E-state index >= 15 is 0 Å².